The minimum Gasteiger partial charge on any atom is -0.491 e. The normalized spacial score (nSPS) is 12.1. The molecule has 0 atom stereocenters. The summed E-state index contributed by atoms with van der Waals surface area (Å²) >= 11 is 11.4. The fraction of sp³-hybridized carbons (Fsp3) is 0.194. The van der Waals surface area contributed by atoms with Crippen molar-refractivity contribution in [1.29, 1.82) is 0 Å². The smallest absolute Gasteiger partial charge is 0.433 e. The number of benzene rings is 2. The zero-order valence-corrected chi connectivity index (χ0v) is 74.8. The third kappa shape index (κ3) is 27.7. The molecule has 2 aliphatic heterocycles. The molecular formula is C93H92Cl2F5N31O3. The number of nitrogens with two attached hydrogens (primary N) is 6. The van der Waals surface area contributed by atoms with Gasteiger partial charge in [-0.25, -0.2) is 83.5 Å². The Morgan fingerprint density at radius 2 is 0.821 bits per heavy atom. The van der Waals surface area contributed by atoms with Crippen LogP contribution in [0.15, 0.2) is 242 Å². The van der Waals surface area contributed by atoms with E-state index in [2.05, 4.69) is 132 Å². The second-order valence-electron chi connectivity index (χ2n) is 29.6. The van der Waals surface area contributed by atoms with E-state index in [0.717, 1.165) is 79.8 Å². The van der Waals surface area contributed by atoms with E-state index in [9.17, 15) is 26.7 Å². The number of aromatic nitrogens is 21. The lowest BCUT2D eigenvalue weighted by molar-refractivity contribution is -0.141. The quantitative estimate of drug-likeness (QED) is 0.0310. The molecular weight excluding hydrogens is 1770 g/mol. The second kappa shape index (κ2) is 46.9. The minimum atomic E-state index is -4.60. The summed E-state index contributed by atoms with van der Waals surface area (Å²) in [5.74, 6) is 7.12. The average Bonchev–Trinajstić information content (AvgIpc) is 1.23. The number of nitrogens with one attached hydrogen (secondary N) is 2. The molecule has 686 valence electrons. The molecule has 0 saturated carbocycles. The first-order valence-electron chi connectivity index (χ1n) is 41.5. The number of aromatic amines is 1. The third-order valence-corrected chi connectivity index (χ3v) is 19.8. The van der Waals surface area contributed by atoms with Gasteiger partial charge in [0.15, 0.2) is 63.9 Å². The van der Waals surface area contributed by atoms with Gasteiger partial charge in [0.05, 0.1) is 26.6 Å². The molecule has 0 radical (unpaired) electrons. The van der Waals surface area contributed by atoms with Crippen molar-refractivity contribution in [2.45, 2.75) is 58.7 Å². The molecule has 14 aromatic heterocycles. The zero-order valence-electron chi connectivity index (χ0n) is 73.3. The Balaban J connectivity index is 0.000000142. The molecule has 16 heterocycles. The van der Waals surface area contributed by atoms with Crippen LogP contribution in [-0.4, -0.2) is 176 Å². The summed E-state index contributed by atoms with van der Waals surface area (Å²) in [6, 6.07) is 54.0. The Labute approximate surface area is 776 Å². The predicted octanol–water partition coefficient (Wildman–Crippen LogP) is 14.8. The van der Waals surface area contributed by atoms with Crippen LogP contribution in [0.25, 0.3) is 80.6 Å². The van der Waals surface area contributed by atoms with Gasteiger partial charge in [-0.1, -0.05) is 102 Å². The monoisotopic (exact) mass is 1860 g/mol. The maximum atomic E-state index is 13.8. The number of alkyl halides is 3. The average molecular weight is 1860 g/mol. The van der Waals surface area contributed by atoms with Gasteiger partial charge in [-0.3, -0.25) is 29.7 Å². The maximum Gasteiger partial charge on any atom is 0.433 e. The summed E-state index contributed by atoms with van der Waals surface area (Å²) in [4.78, 5) is 104. The van der Waals surface area contributed by atoms with Crippen molar-refractivity contribution in [3.8, 4) is 92.1 Å². The highest BCUT2D eigenvalue weighted by Gasteiger charge is 2.33. The van der Waals surface area contributed by atoms with Crippen molar-refractivity contribution < 1.29 is 31.4 Å². The number of likely N-dealkylation sites (N-methyl/N-ethyl adjacent to an activating group) is 1. The number of hydrogen-bond acceptors (Lipinski definition) is 33. The minimum absolute atomic E-state index is 0.0463. The Kier molecular flexibility index (Phi) is 33.9. The van der Waals surface area contributed by atoms with E-state index in [-0.39, 0.29) is 64.2 Å². The lowest BCUT2D eigenvalue weighted by Gasteiger charge is -2.33. The van der Waals surface area contributed by atoms with Crippen LogP contribution in [-0.2, 0) is 19.0 Å². The van der Waals surface area contributed by atoms with Crippen LogP contribution >= 0.6 is 23.2 Å². The molecule has 34 nitrogen and oxygen atoms in total. The van der Waals surface area contributed by atoms with Gasteiger partial charge in [0.1, 0.15) is 108 Å². The molecule has 16 aromatic rings. The lowest BCUT2D eigenvalue weighted by atomic mass is 10.1. The number of rotatable bonds is 17. The first kappa shape index (κ1) is 96.9. The number of H-pyrrole nitrogens is 1. The van der Waals surface area contributed by atoms with Crippen LogP contribution in [0.4, 0.5) is 74.3 Å². The number of nitrogens with zero attached hydrogens (tertiary/aromatic N) is 23. The van der Waals surface area contributed by atoms with Gasteiger partial charge in [0.25, 0.3) is 5.56 Å². The predicted molar refractivity (Wildman–Crippen MR) is 507 cm³/mol. The van der Waals surface area contributed by atoms with E-state index >= 15 is 0 Å². The number of nitrogen functional groups attached to an aromatic ring is 6. The summed E-state index contributed by atoms with van der Waals surface area (Å²) in [6.45, 7) is 11.9. The van der Waals surface area contributed by atoms with Gasteiger partial charge in [-0.05, 0) is 149 Å². The van der Waals surface area contributed by atoms with E-state index in [1.807, 2.05) is 106 Å². The first-order valence-corrected chi connectivity index (χ1v) is 42.2. The summed E-state index contributed by atoms with van der Waals surface area (Å²) in [6.07, 6.45) is 10.0. The molecule has 0 spiro atoms. The van der Waals surface area contributed by atoms with Gasteiger partial charge in [-0.2, -0.15) is 13.2 Å². The van der Waals surface area contributed by atoms with E-state index < -0.39 is 17.7 Å². The van der Waals surface area contributed by atoms with Gasteiger partial charge in [0.2, 0.25) is 0 Å². The summed E-state index contributed by atoms with van der Waals surface area (Å²) in [7, 11) is 5.44. The van der Waals surface area contributed by atoms with E-state index in [1.54, 1.807) is 124 Å². The second-order valence-corrected chi connectivity index (χ2v) is 30.4. The number of anilines is 9. The first-order chi connectivity index (χ1) is 64.6. The molecule has 0 aliphatic carbocycles. The van der Waals surface area contributed by atoms with Gasteiger partial charge >= 0.3 is 6.18 Å². The van der Waals surface area contributed by atoms with Crippen molar-refractivity contribution in [3.05, 3.63) is 303 Å². The SMILES string of the molecule is CC(C)Nc1cc(N)nc(-c2ccccn2)n1.COc1cnc(-c2ccccn2)nc1N1CCCC1.COc1cnc(-c2ccccn2)nc1N1CCN(C)CC1.Cc1cccc(-c2nc(N)c(Cc3ccccc3F)c(N)n2)n1.Nc1cc(Cl)nc(-c2ccccn2)n1.Nc1nc(-c2cccc(C(F)(F)F)n2)nc(N)c1Cc1ccccc1F.O=c1cc(Cl)nc(-c2ccccn2)[nH]1. The third-order valence-electron chi connectivity index (χ3n) is 19.4. The van der Waals surface area contributed by atoms with Crippen molar-refractivity contribution in [3.63, 3.8) is 0 Å². The van der Waals surface area contributed by atoms with E-state index in [0.29, 0.717) is 114 Å². The standard InChI is InChI=1S/C17H13F4N5.C17H16FN5.C15H19N5O.C14H16N4O.C12H15N5.C9H7ClN4.C9H6ClN3O/c18-11-5-2-1-4-9(11)8-10-14(22)25-16(26-15(10)23)12-6-3-7-13(24-12)17(19,20)21;1-10-5-4-8-14(21-10)17-22-15(19)12(16(20)23-17)9-11-6-2-3-7-13(11)18;1-19-7-9-20(10-8-19)15-13(21-2)11-17-14(18-15)12-5-3-4-6-16-12;1-19-12-10-16-13(11-6-2-3-7-15-11)17-14(12)18-8-4-5-9-18;1-8(2)15-11-7-10(13)16-12(17-11)9-5-3-4-6-14-9;10-7-5-8(11)14-9(13-7)6-3-1-2-4-12-6;10-7-5-8(14)13-9(12-7)6-3-1-2-4-11-6/h1-7H,8H2,(H4,22,23,25,26);2-8H,9H2,1H3,(H4,19,20,22,23);3-6,11H,7-10H2,1-2H3;2-3,6-7,10H,4-5,8-9H2,1H3;3-8H,1-2H3,(H3,13,15,16,17);1-5H,(H2,11,13,14);1-5H,(H,12,13,14). The fourth-order valence-electron chi connectivity index (χ4n) is 12.9. The number of piperazine rings is 1. The Morgan fingerprint density at radius 3 is 1.24 bits per heavy atom. The van der Waals surface area contributed by atoms with Gasteiger partial charge < -0.3 is 68.9 Å². The van der Waals surface area contributed by atoms with Crippen LogP contribution in [0.3, 0.4) is 0 Å². The van der Waals surface area contributed by atoms with Crippen molar-refractivity contribution in [1.82, 2.24) is 110 Å². The van der Waals surface area contributed by atoms with Crippen LogP contribution in [0, 0.1) is 18.6 Å². The fourth-order valence-corrected chi connectivity index (χ4v) is 13.2. The Morgan fingerprint density at radius 1 is 0.425 bits per heavy atom. The highest BCUT2D eigenvalue weighted by Crippen LogP contribution is 2.35. The van der Waals surface area contributed by atoms with Gasteiger partial charge in [0, 0.05) is 124 Å². The molecule has 0 unspecified atom stereocenters. The number of aryl methyl sites for hydroxylation is 1. The molecule has 2 saturated heterocycles. The summed E-state index contributed by atoms with van der Waals surface area (Å²) < 4.78 is 76.8. The number of ether oxygens (including phenoxy) is 2. The summed E-state index contributed by atoms with van der Waals surface area (Å²) in [5, 5.41) is 3.68. The van der Waals surface area contributed by atoms with Gasteiger partial charge in [-0.15, -0.1) is 0 Å². The van der Waals surface area contributed by atoms with Crippen molar-refractivity contribution in [2.75, 3.05) is 110 Å². The largest absolute Gasteiger partial charge is 0.491 e. The molecule has 14 N–H and O–H groups in total. The van der Waals surface area contributed by atoms with Crippen LogP contribution < -0.4 is 64.6 Å². The van der Waals surface area contributed by atoms with Crippen molar-refractivity contribution in [2.24, 2.45) is 0 Å². The number of hydrogen-bond donors (Lipinski definition) is 8. The van der Waals surface area contributed by atoms with Crippen molar-refractivity contribution >= 4 is 75.6 Å². The lowest BCUT2D eigenvalue weighted by Crippen LogP contribution is -2.45. The van der Waals surface area contributed by atoms with E-state index in [1.165, 1.54) is 49.2 Å². The number of halogens is 7. The molecule has 41 heteroatoms. The molecule has 18 rings (SSSR count). The Bertz CT molecular complexity index is 6540. The summed E-state index contributed by atoms with van der Waals surface area (Å²) in [5.41, 5.74) is 40.2. The maximum absolute atomic E-state index is 13.8. The Hall–Kier alpha value is -16.2. The van der Waals surface area contributed by atoms with Crippen LogP contribution in [0.1, 0.15) is 60.3 Å². The van der Waals surface area contributed by atoms with Crippen LogP contribution in [0.2, 0.25) is 10.3 Å². The molecule has 134 heavy (non-hydrogen) atoms. The van der Waals surface area contributed by atoms with Crippen LogP contribution in [0.5, 0.6) is 11.5 Å². The van der Waals surface area contributed by atoms with E-state index in [4.69, 9.17) is 67.1 Å². The molecule has 0 bridgehead atoms. The topological polar surface area (TPSA) is 487 Å². The number of pyridine rings is 7. The molecule has 0 amide bonds. The molecule has 2 aromatic carbocycles. The number of methoxy groups -OCH3 is 2. The highest BCUT2D eigenvalue weighted by atomic mass is 35.5. The zero-order chi connectivity index (χ0) is 95.2. The molecule has 2 fully saturated rings. The molecule has 2 aliphatic rings. The highest BCUT2D eigenvalue weighted by molar-refractivity contribution is 6.29.